The van der Waals surface area contributed by atoms with Crippen LogP contribution in [0.5, 0.6) is 0 Å². The highest BCUT2D eigenvalue weighted by atomic mass is 16.3. The smallest absolute Gasteiger partial charge is 0.325 e. The van der Waals surface area contributed by atoms with E-state index in [4.69, 9.17) is 0 Å². The van der Waals surface area contributed by atoms with Crippen molar-refractivity contribution in [3.8, 4) is 0 Å². The first-order valence-corrected chi connectivity index (χ1v) is 8.60. The molecular formula is C19H26N2O3. The zero-order chi connectivity index (χ0) is 17.5. The summed E-state index contributed by atoms with van der Waals surface area (Å²) in [6.45, 7) is 6.41. The number of β-amino-alcohol motifs (C(OH)–C–C–N with tert-alkyl or cyclic N) is 1. The molecule has 130 valence electrons. The van der Waals surface area contributed by atoms with E-state index in [2.05, 4.69) is 26.1 Å². The van der Waals surface area contributed by atoms with Crippen LogP contribution >= 0.6 is 0 Å². The van der Waals surface area contributed by atoms with Crippen molar-refractivity contribution in [3.63, 3.8) is 0 Å². The van der Waals surface area contributed by atoms with E-state index in [1.807, 2.05) is 18.2 Å². The van der Waals surface area contributed by atoms with Crippen LogP contribution in [0.25, 0.3) is 0 Å². The third-order valence-corrected chi connectivity index (χ3v) is 5.16. The van der Waals surface area contributed by atoms with Crippen LogP contribution in [-0.2, 0) is 4.79 Å². The summed E-state index contributed by atoms with van der Waals surface area (Å²) in [5.41, 5.74) is -0.0973. The predicted octanol–water partition coefficient (Wildman–Crippen LogP) is 2.86. The van der Waals surface area contributed by atoms with Gasteiger partial charge in [-0.15, -0.1) is 0 Å². The molecule has 1 spiro atoms. The number of aliphatic hydroxyl groups is 1. The minimum Gasteiger partial charge on any atom is -0.387 e. The van der Waals surface area contributed by atoms with Gasteiger partial charge in [-0.25, -0.2) is 4.79 Å². The number of nitrogens with one attached hydrogen (secondary N) is 1. The van der Waals surface area contributed by atoms with Gasteiger partial charge in [0.25, 0.3) is 5.91 Å². The molecule has 24 heavy (non-hydrogen) atoms. The highest BCUT2D eigenvalue weighted by molar-refractivity contribution is 6.07. The third kappa shape index (κ3) is 3.05. The summed E-state index contributed by atoms with van der Waals surface area (Å²) in [5, 5.41) is 13.3. The van der Waals surface area contributed by atoms with Crippen LogP contribution in [0.3, 0.4) is 0 Å². The van der Waals surface area contributed by atoms with Gasteiger partial charge in [-0.2, -0.15) is 0 Å². The molecule has 5 nitrogen and oxygen atoms in total. The maximum atomic E-state index is 13.0. The van der Waals surface area contributed by atoms with Crippen LogP contribution < -0.4 is 5.32 Å². The van der Waals surface area contributed by atoms with Crippen molar-refractivity contribution in [2.24, 2.45) is 11.3 Å². The normalized spacial score (nSPS) is 30.5. The lowest BCUT2D eigenvalue weighted by atomic mass is 9.64. The maximum Gasteiger partial charge on any atom is 0.325 e. The average molecular weight is 330 g/mol. The van der Waals surface area contributed by atoms with E-state index in [1.165, 1.54) is 4.90 Å². The van der Waals surface area contributed by atoms with Gasteiger partial charge in [-0.1, -0.05) is 51.1 Å². The quantitative estimate of drug-likeness (QED) is 0.837. The second-order valence-electron chi connectivity index (χ2n) is 8.21. The fourth-order valence-electron chi connectivity index (χ4n) is 4.63. The van der Waals surface area contributed by atoms with Crippen LogP contribution in [0, 0.1) is 11.3 Å². The Hall–Kier alpha value is -1.88. The molecule has 5 heteroatoms. The lowest BCUT2D eigenvalue weighted by Crippen LogP contribution is -2.54. The van der Waals surface area contributed by atoms with E-state index in [-0.39, 0.29) is 23.9 Å². The van der Waals surface area contributed by atoms with Crippen LogP contribution in [0.15, 0.2) is 30.3 Å². The molecule has 0 unspecified atom stereocenters. The number of nitrogens with zero attached hydrogens (tertiary/aromatic N) is 1. The highest BCUT2D eigenvalue weighted by Crippen LogP contribution is 2.46. The summed E-state index contributed by atoms with van der Waals surface area (Å²) in [6, 6.07) is 8.73. The molecule has 1 saturated carbocycles. The standard InChI is InChI=1S/C19H26N2O3/c1-13-9-18(2,3)12-19(10-13)16(23)21(17(24)20-19)11-15(22)14-7-5-4-6-8-14/h4-8,13,15,22H,9-12H2,1-3H3,(H,20,24)/t13-,15-,19-/m0/s1. The number of hydrogen-bond acceptors (Lipinski definition) is 3. The molecule has 1 aromatic carbocycles. The van der Waals surface area contributed by atoms with E-state index in [1.54, 1.807) is 12.1 Å². The third-order valence-electron chi connectivity index (χ3n) is 5.16. The molecule has 1 aliphatic heterocycles. The van der Waals surface area contributed by atoms with Gasteiger partial charge in [0.2, 0.25) is 0 Å². The molecule has 2 fully saturated rings. The molecule has 1 saturated heterocycles. The number of carbonyl (C=O) groups excluding carboxylic acids is 2. The Balaban J connectivity index is 1.79. The first kappa shape index (κ1) is 17.0. The van der Waals surface area contributed by atoms with Crippen LogP contribution in [0.1, 0.15) is 51.7 Å². The average Bonchev–Trinajstić information content (AvgIpc) is 2.69. The number of benzene rings is 1. The van der Waals surface area contributed by atoms with E-state index < -0.39 is 11.6 Å². The van der Waals surface area contributed by atoms with Gasteiger partial charge in [0, 0.05) is 0 Å². The molecule has 3 atom stereocenters. The van der Waals surface area contributed by atoms with Crippen molar-refractivity contribution in [1.29, 1.82) is 0 Å². The molecule has 2 N–H and O–H groups in total. The second kappa shape index (κ2) is 5.88. The molecule has 1 aromatic rings. The summed E-state index contributed by atoms with van der Waals surface area (Å²) >= 11 is 0. The van der Waals surface area contributed by atoms with Gasteiger partial charge in [0.05, 0.1) is 12.6 Å². The number of amides is 3. The Kier molecular flexibility index (Phi) is 4.16. The van der Waals surface area contributed by atoms with Gasteiger partial charge < -0.3 is 10.4 Å². The van der Waals surface area contributed by atoms with Crippen molar-refractivity contribution in [2.45, 2.75) is 51.7 Å². The SMILES string of the molecule is C[C@H]1CC(C)(C)C[C@]2(C1)NC(=O)N(C[C@H](O)c1ccccc1)C2=O. The summed E-state index contributed by atoms with van der Waals surface area (Å²) in [5.74, 6) is 0.180. The van der Waals surface area contributed by atoms with Crippen molar-refractivity contribution < 1.29 is 14.7 Å². The highest BCUT2D eigenvalue weighted by Gasteiger charge is 2.56. The Labute approximate surface area is 143 Å². The van der Waals surface area contributed by atoms with Gasteiger partial charge in [-0.3, -0.25) is 9.69 Å². The fourth-order valence-corrected chi connectivity index (χ4v) is 4.63. The van der Waals surface area contributed by atoms with Crippen LogP contribution in [0.4, 0.5) is 4.79 Å². The Bertz CT molecular complexity index is 643. The molecule has 3 rings (SSSR count). The molecule has 0 radical (unpaired) electrons. The van der Waals surface area contributed by atoms with Crippen molar-refractivity contribution in [1.82, 2.24) is 10.2 Å². The van der Waals surface area contributed by atoms with Crippen LogP contribution in [0.2, 0.25) is 0 Å². The molecule has 0 aromatic heterocycles. The number of urea groups is 1. The summed E-state index contributed by atoms with van der Waals surface area (Å²) in [4.78, 5) is 26.6. The molecule has 2 aliphatic rings. The maximum absolute atomic E-state index is 13.0. The lowest BCUT2D eigenvalue weighted by molar-refractivity contribution is -0.135. The van der Waals surface area contributed by atoms with E-state index in [0.717, 1.165) is 6.42 Å². The van der Waals surface area contributed by atoms with Crippen molar-refractivity contribution in [3.05, 3.63) is 35.9 Å². The minimum atomic E-state index is -0.870. The van der Waals surface area contributed by atoms with E-state index >= 15 is 0 Å². The lowest BCUT2D eigenvalue weighted by Gasteiger charge is -2.43. The Morgan fingerprint density at radius 2 is 1.92 bits per heavy atom. The fraction of sp³-hybridized carbons (Fsp3) is 0.579. The van der Waals surface area contributed by atoms with E-state index in [9.17, 15) is 14.7 Å². The second-order valence-corrected chi connectivity index (χ2v) is 8.21. The number of aliphatic hydroxyl groups excluding tert-OH is 1. The number of imide groups is 1. The summed E-state index contributed by atoms with van der Waals surface area (Å²) < 4.78 is 0. The van der Waals surface area contributed by atoms with Gasteiger partial charge in [-0.05, 0) is 36.2 Å². The van der Waals surface area contributed by atoms with Gasteiger partial charge in [0.1, 0.15) is 5.54 Å². The Morgan fingerprint density at radius 1 is 1.25 bits per heavy atom. The largest absolute Gasteiger partial charge is 0.387 e. The molecule has 0 bridgehead atoms. The number of rotatable bonds is 3. The minimum absolute atomic E-state index is 0.00859. The predicted molar refractivity (Wildman–Crippen MR) is 91.2 cm³/mol. The molecule has 3 amide bonds. The first-order chi connectivity index (χ1) is 11.2. The van der Waals surface area contributed by atoms with E-state index in [0.29, 0.717) is 24.3 Å². The summed E-state index contributed by atoms with van der Waals surface area (Å²) in [6.07, 6.45) is 1.49. The van der Waals surface area contributed by atoms with Crippen molar-refractivity contribution in [2.75, 3.05) is 6.54 Å². The van der Waals surface area contributed by atoms with Crippen LogP contribution in [-0.4, -0.2) is 34.0 Å². The van der Waals surface area contributed by atoms with Gasteiger partial charge >= 0.3 is 6.03 Å². The molecular weight excluding hydrogens is 304 g/mol. The first-order valence-electron chi connectivity index (χ1n) is 8.60. The summed E-state index contributed by atoms with van der Waals surface area (Å²) in [7, 11) is 0. The zero-order valence-electron chi connectivity index (χ0n) is 14.6. The number of hydrogen-bond donors (Lipinski definition) is 2. The molecule has 1 heterocycles. The zero-order valence-corrected chi connectivity index (χ0v) is 14.6. The van der Waals surface area contributed by atoms with Gasteiger partial charge in [0.15, 0.2) is 0 Å². The topological polar surface area (TPSA) is 69.6 Å². The Morgan fingerprint density at radius 3 is 2.54 bits per heavy atom. The number of carbonyl (C=O) groups is 2. The molecule has 1 aliphatic carbocycles. The van der Waals surface area contributed by atoms with Crippen molar-refractivity contribution >= 4 is 11.9 Å². The monoisotopic (exact) mass is 330 g/mol.